The lowest BCUT2D eigenvalue weighted by Crippen LogP contribution is -2.20. The first kappa shape index (κ1) is 18.5. The Morgan fingerprint density at radius 1 is 1.00 bits per heavy atom. The quantitative estimate of drug-likeness (QED) is 0.787. The first-order valence-corrected chi connectivity index (χ1v) is 9.10. The number of hydrogen-bond donors (Lipinski definition) is 1. The van der Waals surface area contributed by atoms with Crippen molar-refractivity contribution >= 4 is 27.4 Å². The molecule has 1 N–H and O–H groups in total. The summed E-state index contributed by atoms with van der Waals surface area (Å²) in [5.41, 5.74) is 0.840. The second-order valence-corrected chi connectivity index (χ2v) is 7.17. The van der Waals surface area contributed by atoms with Gasteiger partial charge in [-0.3, -0.25) is 4.79 Å². The molecular formula is C17H17NO6S. The van der Waals surface area contributed by atoms with E-state index in [1.165, 1.54) is 43.5 Å². The zero-order valence-electron chi connectivity index (χ0n) is 13.7. The van der Waals surface area contributed by atoms with Crippen LogP contribution in [-0.4, -0.2) is 40.3 Å². The standard InChI is InChI=1S/C17H17NO6S/c1-23-17(20)12-3-7-14(8-4-12)24-11-16(19)18-13-5-9-15(10-6-13)25(2,21)22/h3-10H,11H2,1-2H3,(H,18,19). The van der Waals surface area contributed by atoms with E-state index in [1.807, 2.05) is 0 Å². The third-order valence-corrected chi connectivity index (χ3v) is 4.34. The normalized spacial score (nSPS) is 10.8. The number of amides is 1. The van der Waals surface area contributed by atoms with Crippen LogP contribution < -0.4 is 10.1 Å². The van der Waals surface area contributed by atoms with E-state index in [-0.39, 0.29) is 11.5 Å². The Balaban J connectivity index is 1.89. The first-order valence-electron chi connectivity index (χ1n) is 7.21. The highest BCUT2D eigenvalue weighted by Crippen LogP contribution is 2.15. The van der Waals surface area contributed by atoms with Gasteiger partial charge in [0.1, 0.15) is 5.75 Å². The molecule has 7 nitrogen and oxygen atoms in total. The summed E-state index contributed by atoms with van der Waals surface area (Å²) in [4.78, 5) is 23.3. The topological polar surface area (TPSA) is 98.8 Å². The maximum atomic E-state index is 11.9. The molecular weight excluding hydrogens is 346 g/mol. The number of nitrogens with one attached hydrogen (secondary N) is 1. The van der Waals surface area contributed by atoms with Crippen LogP contribution in [0.15, 0.2) is 53.4 Å². The molecule has 2 rings (SSSR count). The van der Waals surface area contributed by atoms with Crippen molar-refractivity contribution in [1.29, 1.82) is 0 Å². The summed E-state index contributed by atoms with van der Waals surface area (Å²) in [6.45, 7) is -0.231. The van der Waals surface area contributed by atoms with E-state index >= 15 is 0 Å². The van der Waals surface area contributed by atoms with E-state index in [4.69, 9.17) is 4.74 Å². The highest BCUT2D eigenvalue weighted by Gasteiger charge is 2.09. The third kappa shape index (κ3) is 5.32. The third-order valence-electron chi connectivity index (χ3n) is 3.21. The summed E-state index contributed by atoms with van der Waals surface area (Å²) in [7, 11) is -1.99. The van der Waals surface area contributed by atoms with Crippen LogP contribution in [0.1, 0.15) is 10.4 Å². The van der Waals surface area contributed by atoms with Gasteiger partial charge in [0.05, 0.1) is 17.6 Å². The molecule has 0 atom stereocenters. The molecule has 1 amide bonds. The summed E-state index contributed by atoms with van der Waals surface area (Å²) in [6, 6.07) is 12.0. The van der Waals surface area contributed by atoms with Gasteiger partial charge in [0.2, 0.25) is 0 Å². The fourth-order valence-electron chi connectivity index (χ4n) is 1.94. The van der Waals surface area contributed by atoms with E-state index in [1.54, 1.807) is 12.1 Å². The SMILES string of the molecule is COC(=O)c1ccc(OCC(=O)Nc2ccc(S(C)(=O)=O)cc2)cc1. The van der Waals surface area contributed by atoms with E-state index in [0.29, 0.717) is 17.0 Å². The minimum atomic E-state index is -3.28. The molecule has 0 aliphatic carbocycles. The van der Waals surface area contributed by atoms with E-state index in [9.17, 15) is 18.0 Å². The lowest BCUT2D eigenvalue weighted by molar-refractivity contribution is -0.118. The second-order valence-electron chi connectivity index (χ2n) is 5.15. The van der Waals surface area contributed by atoms with Gasteiger partial charge in [-0.1, -0.05) is 0 Å². The van der Waals surface area contributed by atoms with Gasteiger partial charge in [0.15, 0.2) is 16.4 Å². The Morgan fingerprint density at radius 3 is 2.12 bits per heavy atom. The van der Waals surface area contributed by atoms with Crippen molar-refractivity contribution in [2.24, 2.45) is 0 Å². The minimum absolute atomic E-state index is 0.174. The molecule has 0 radical (unpaired) electrons. The van der Waals surface area contributed by atoms with Crippen LogP contribution in [0, 0.1) is 0 Å². The monoisotopic (exact) mass is 363 g/mol. The van der Waals surface area contributed by atoms with Gasteiger partial charge >= 0.3 is 5.97 Å². The molecule has 0 fully saturated rings. The van der Waals surface area contributed by atoms with Crippen molar-refractivity contribution in [1.82, 2.24) is 0 Å². The number of methoxy groups -OCH3 is 1. The molecule has 0 saturated carbocycles. The Hall–Kier alpha value is -2.87. The summed E-state index contributed by atoms with van der Waals surface area (Å²) >= 11 is 0. The van der Waals surface area contributed by atoms with Gasteiger partial charge in [0.25, 0.3) is 5.91 Å². The zero-order valence-corrected chi connectivity index (χ0v) is 14.5. The molecule has 8 heteroatoms. The van der Waals surface area contributed by atoms with Crippen LogP contribution >= 0.6 is 0 Å². The molecule has 0 aliphatic heterocycles. The maximum absolute atomic E-state index is 11.9. The predicted octanol–water partition coefficient (Wildman–Crippen LogP) is 1.89. The molecule has 25 heavy (non-hydrogen) atoms. The van der Waals surface area contributed by atoms with Crippen LogP contribution in [0.5, 0.6) is 5.75 Å². The summed E-state index contributed by atoms with van der Waals surface area (Å²) in [6.07, 6.45) is 1.11. The highest BCUT2D eigenvalue weighted by atomic mass is 32.2. The Kier molecular flexibility index (Phi) is 5.76. The van der Waals surface area contributed by atoms with Crippen molar-refractivity contribution < 1.29 is 27.5 Å². The van der Waals surface area contributed by atoms with Crippen LogP contribution in [-0.2, 0) is 19.4 Å². The van der Waals surface area contributed by atoms with Gasteiger partial charge in [-0.15, -0.1) is 0 Å². The Labute approximate surface area is 145 Å². The summed E-state index contributed by atoms with van der Waals surface area (Å²) in [5.74, 6) is -0.429. The van der Waals surface area contributed by atoms with Crippen LogP contribution in [0.3, 0.4) is 0 Å². The molecule has 0 heterocycles. The van der Waals surface area contributed by atoms with E-state index in [0.717, 1.165) is 6.26 Å². The zero-order chi connectivity index (χ0) is 18.4. The van der Waals surface area contributed by atoms with Gasteiger partial charge in [-0.2, -0.15) is 0 Å². The van der Waals surface area contributed by atoms with Crippen molar-refractivity contribution in [3.05, 3.63) is 54.1 Å². The second kappa shape index (κ2) is 7.80. The number of hydrogen-bond acceptors (Lipinski definition) is 6. The molecule has 0 spiro atoms. The van der Waals surface area contributed by atoms with Crippen molar-refractivity contribution in [3.8, 4) is 5.75 Å². The van der Waals surface area contributed by atoms with E-state index in [2.05, 4.69) is 10.1 Å². The molecule has 0 bridgehead atoms. The first-order chi connectivity index (χ1) is 11.8. The Morgan fingerprint density at radius 2 is 1.60 bits per heavy atom. The minimum Gasteiger partial charge on any atom is -0.484 e. The molecule has 0 aliphatic rings. The Bertz CT molecular complexity index is 857. The van der Waals surface area contributed by atoms with Crippen LogP contribution in [0.25, 0.3) is 0 Å². The maximum Gasteiger partial charge on any atom is 0.337 e. The number of anilines is 1. The largest absolute Gasteiger partial charge is 0.484 e. The number of carbonyl (C=O) groups excluding carboxylic acids is 2. The van der Waals surface area contributed by atoms with E-state index < -0.39 is 21.7 Å². The lowest BCUT2D eigenvalue weighted by atomic mass is 10.2. The van der Waals surface area contributed by atoms with Gasteiger partial charge in [-0.05, 0) is 48.5 Å². The number of esters is 1. The molecule has 132 valence electrons. The summed E-state index contributed by atoms with van der Waals surface area (Å²) in [5, 5.41) is 2.60. The van der Waals surface area contributed by atoms with Crippen LogP contribution in [0.4, 0.5) is 5.69 Å². The lowest BCUT2D eigenvalue weighted by Gasteiger charge is -2.08. The number of carbonyl (C=O) groups is 2. The van der Waals surface area contributed by atoms with Crippen molar-refractivity contribution in [2.45, 2.75) is 4.90 Å². The van der Waals surface area contributed by atoms with Crippen molar-refractivity contribution in [2.75, 3.05) is 25.3 Å². The average molecular weight is 363 g/mol. The fraction of sp³-hybridized carbons (Fsp3) is 0.176. The molecule has 0 unspecified atom stereocenters. The van der Waals surface area contributed by atoms with Gasteiger partial charge in [-0.25, -0.2) is 13.2 Å². The average Bonchev–Trinajstić information content (AvgIpc) is 2.59. The summed E-state index contributed by atoms with van der Waals surface area (Å²) < 4.78 is 32.7. The van der Waals surface area contributed by atoms with Gasteiger partial charge < -0.3 is 14.8 Å². The molecule has 0 aromatic heterocycles. The predicted molar refractivity (Wildman–Crippen MR) is 91.5 cm³/mol. The molecule has 2 aromatic carbocycles. The number of rotatable bonds is 6. The van der Waals surface area contributed by atoms with Crippen LogP contribution in [0.2, 0.25) is 0 Å². The fourth-order valence-corrected chi connectivity index (χ4v) is 2.57. The number of benzene rings is 2. The molecule has 2 aromatic rings. The number of sulfone groups is 1. The molecule has 0 saturated heterocycles. The highest BCUT2D eigenvalue weighted by molar-refractivity contribution is 7.90. The van der Waals surface area contributed by atoms with Crippen molar-refractivity contribution in [3.63, 3.8) is 0 Å². The van der Waals surface area contributed by atoms with Gasteiger partial charge in [0, 0.05) is 11.9 Å². The smallest absolute Gasteiger partial charge is 0.337 e. The number of ether oxygens (including phenoxy) is 2.